The van der Waals surface area contributed by atoms with E-state index in [2.05, 4.69) is 34.6 Å². The van der Waals surface area contributed by atoms with Gasteiger partial charge in [-0.15, -0.1) is 0 Å². The molecule has 0 saturated heterocycles. The first-order valence-corrected chi connectivity index (χ1v) is 51.1. The summed E-state index contributed by atoms with van der Waals surface area (Å²) in [6.07, 6.45) is 82.0. The van der Waals surface area contributed by atoms with Gasteiger partial charge in [0.15, 0.2) is 12.2 Å². The second-order valence-electron chi connectivity index (χ2n) is 33.9. The number of rotatable bonds is 93. The topological polar surface area (TPSA) is 237 Å². The highest BCUT2D eigenvalue weighted by Gasteiger charge is 2.31. The predicted molar refractivity (Wildman–Crippen MR) is 465 cm³/mol. The van der Waals surface area contributed by atoms with Gasteiger partial charge in [-0.3, -0.25) is 37.3 Å². The Hall–Kier alpha value is -1.94. The molecule has 0 radical (unpaired) electrons. The van der Waals surface area contributed by atoms with Crippen LogP contribution in [0.5, 0.6) is 0 Å². The van der Waals surface area contributed by atoms with Crippen LogP contribution in [-0.2, 0) is 65.4 Å². The van der Waals surface area contributed by atoms with Crippen molar-refractivity contribution < 1.29 is 80.2 Å². The molecule has 19 heteroatoms. The zero-order valence-corrected chi connectivity index (χ0v) is 75.6. The number of phosphoric ester groups is 2. The summed E-state index contributed by atoms with van der Waals surface area (Å²) in [4.78, 5) is 73.5. The smallest absolute Gasteiger partial charge is 0.462 e. The number of carbonyl (C=O) groups excluding carboxylic acids is 4. The number of hydrogen-bond donors (Lipinski definition) is 3. The van der Waals surface area contributed by atoms with Gasteiger partial charge in [0.2, 0.25) is 0 Å². The highest BCUT2D eigenvalue weighted by molar-refractivity contribution is 7.47. The third-order valence-corrected chi connectivity index (χ3v) is 23.9. The number of ether oxygens (including phenoxy) is 4. The number of esters is 4. The lowest BCUT2D eigenvalue weighted by atomic mass is 10.0. The molecule has 0 aromatic carbocycles. The maximum Gasteiger partial charge on any atom is 0.472 e. The third kappa shape index (κ3) is 85.9. The summed E-state index contributed by atoms with van der Waals surface area (Å²) in [6, 6.07) is 0. The van der Waals surface area contributed by atoms with E-state index in [-0.39, 0.29) is 25.7 Å². The normalized spacial score (nSPS) is 13.7. The minimum absolute atomic E-state index is 0.109. The van der Waals surface area contributed by atoms with Crippen molar-refractivity contribution in [2.24, 2.45) is 5.92 Å². The lowest BCUT2D eigenvalue weighted by Crippen LogP contribution is -2.30. The molecule has 0 heterocycles. The van der Waals surface area contributed by atoms with Crippen molar-refractivity contribution in [2.45, 2.75) is 528 Å². The van der Waals surface area contributed by atoms with Crippen LogP contribution in [0.3, 0.4) is 0 Å². The van der Waals surface area contributed by atoms with Crippen LogP contribution in [0, 0.1) is 5.92 Å². The van der Waals surface area contributed by atoms with Crippen molar-refractivity contribution in [3.63, 3.8) is 0 Å². The molecular weight excluding hydrogens is 1450 g/mol. The van der Waals surface area contributed by atoms with Gasteiger partial charge in [-0.2, -0.15) is 0 Å². The van der Waals surface area contributed by atoms with Crippen molar-refractivity contribution in [1.82, 2.24) is 0 Å². The average molecular weight is 1630 g/mol. The Morgan fingerprint density at radius 1 is 0.241 bits per heavy atom. The molecule has 0 aromatic rings. The Kier molecular flexibility index (Phi) is 84.0. The number of hydrogen-bond acceptors (Lipinski definition) is 15. The Morgan fingerprint density at radius 3 is 0.607 bits per heavy atom. The molecular formula is C93H182O17P2. The van der Waals surface area contributed by atoms with Gasteiger partial charge in [-0.25, -0.2) is 9.13 Å². The van der Waals surface area contributed by atoms with Crippen LogP contribution >= 0.6 is 15.6 Å². The van der Waals surface area contributed by atoms with Gasteiger partial charge in [0.25, 0.3) is 0 Å². The minimum atomic E-state index is -4.97. The van der Waals surface area contributed by atoms with E-state index >= 15 is 0 Å². The maximum atomic E-state index is 13.2. The molecule has 2 unspecified atom stereocenters. The van der Waals surface area contributed by atoms with E-state index in [0.717, 1.165) is 95.8 Å². The van der Waals surface area contributed by atoms with Gasteiger partial charge >= 0.3 is 39.5 Å². The largest absolute Gasteiger partial charge is 0.472 e. The minimum Gasteiger partial charge on any atom is -0.462 e. The lowest BCUT2D eigenvalue weighted by Gasteiger charge is -2.21. The van der Waals surface area contributed by atoms with Crippen LogP contribution in [0.25, 0.3) is 0 Å². The molecule has 5 atom stereocenters. The summed E-state index contributed by atoms with van der Waals surface area (Å²) < 4.78 is 69.2. The number of aliphatic hydroxyl groups is 1. The maximum absolute atomic E-state index is 13.2. The molecule has 112 heavy (non-hydrogen) atoms. The Balaban J connectivity index is 5.25. The number of phosphoric acid groups is 2. The number of carbonyl (C=O) groups is 4. The first-order chi connectivity index (χ1) is 54.5. The monoisotopic (exact) mass is 1630 g/mol. The lowest BCUT2D eigenvalue weighted by molar-refractivity contribution is -0.161. The van der Waals surface area contributed by atoms with Crippen LogP contribution in [0.4, 0.5) is 0 Å². The summed E-state index contributed by atoms with van der Waals surface area (Å²) in [5.41, 5.74) is 0. The standard InChI is InChI=1S/C93H182O17P2/c1-6-9-12-15-18-21-24-27-29-31-33-35-37-39-41-47-52-57-62-67-72-77-91(96)104-83-89(109-92(97)78-73-68-63-58-53-48-42-40-38-36-34-32-30-28-25-22-19-16-13-10-7-2)85-108-112(101,102)106-81-87(94)80-105-111(99,100)107-84-88(82-103-90(95)76-71-66-61-56-51-45-26-23-20-17-14-11-8-3)110-93(98)79-74-69-64-59-54-49-44-43-46-50-55-60-65-70-75-86(4)5/h86-89,94H,6-85H2,1-5H3,(H,99,100)(H,101,102)/t87-,88+,89+/m0/s1. The third-order valence-electron chi connectivity index (χ3n) is 22.0. The molecule has 0 aliphatic rings. The van der Waals surface area contributed by atoms with E-state index in [4.69, 9.17) is 37.0 Å². The molecule has 0 amide bonds. The van der Waals surface area contributed by atoms with E-state index in [1.54, 1.807) is 0 Å². The Morgan fingerprint density at radius 2 is 0.411 bits per heavy atom. The second kappa shape index (κ2) is 85.5. The fraction of sp³-hybridized carbons (Fsp3) is 0.957. The highest BCUT2D eigenvalue weighted by atomic mass is 31.2. The van der Waals surface area contributed by atoms with Gasteiger partial charge in [-0.1, -0.05) is 458 Å². The van der Waals surface area contributed by atoms with Crippen molar-refractivity contribution in [2.75, 3.05) is 39.6 Å². The summed E-state index contributed by atoms with van der Waals surface area (Å²) >= 11 is 0. The van der Waals surface area contributed by atoms with Gasteiger partial charge < -0.3 is 33.8 Å². The molecule has 0 fully saturated rings. The number of unbranched alkanes of at least 4 members (excludes halogenated alkanes) is 65. The zero-order valence-electron chi connectivity index (χ0n) is 73.8. The van der Waals surface area contributed by atoms with Crippen molar-refractivity contribution in [1.29, 1.82) is 0 Å². The van der Waals surface area contributed by atoms with Crippen LogP contribution in [0.15, 0.2) is 0 Å². The fourth-order valence-electron chi connectivity index (χ4n) is 14.7. The molecule has 0 aliphatic carbocycles. The quantitative estimate of drug-likeness (QED) is 0.0222. The van der Waals surface area contributed by atoms with Crippen LogP contribution in [0.1, 0.15) is 510 Å². The Labute approximate surface area is 689 Å². The van der Waals surface area contributed by atoms with Crippen LogP contribution in [-0.4, -0.2) is 96.7 Å². The molecule has 0 bridgehead atoms. The summed E-state index contributed by atoms with van der Waals surface area (Å²) in [5.74, 6) is -1.30. The van der Waals surface area contributed by atoms with E-state index in [9.17, 15) is 43.2 Å². The predicted octanol–water partition coefficient (Wildman–Crippen LogP) is 29.1. The van der Waals surface area contributed by atoms with Crippen molar-refractivity contribution in [3.8, 4) is 0 Å². The summed E-state index contributed by atoms with van der Waals surface area (Å²) in [7, 11) is -9.94. The molecule has 0 aliphatic heterocycles. The molecule has 17 nitrogen and oxygen atoms in total. The molecule has 0 rings (SSSR count). The van der Waals surface area contributed by atoms with E-state index < -0.39 is 97.5 Å². The van der Waals surface area contributed by atoms with Gasteiger partial charge in [0, 0.05) is 25.7 Å². The summed E-state index contributed by atoms with van der Waals surface area (Å²) in [5, 5.41) is 10.7. The molecule has 0 spiro atoms. The van der Waals surface area contributed by atoms with Crippen molar-refractivity contribution >= 4 is 39.5 Å². The van der Waals surface area contributed by atoms with E-state index in [0.29, 0.717) is 25.7 Å². The van der Waals surface area contributed by atoms with E-state index in [1.807, 2.05) is 0 Å². The first kappa shape index (κ1) is 110. The Bertz CT molecular complexity index is 2120. The molecule has 0 saturated carbocycles. The molecule has 3 N–H and O–H groups in total. The van der Waals surface area contributed by atoms with Crippen LogP contribution < -0.4 is 0 Å². The van der Waals surface area contributed by atoms with Crippen LogP contribution in [0.2, 0.25) is 0 Å². The average Bonchev–Trinajstić information content (AvgIpc) is 1.00. The molecule has 666 valence electrons. The SMILES string of the molecule is CCCCCCCCCCCCCCCCCCCCCCCC(=O)OC[C@H](COP(=O)(O)OC[C@@H](O)COP(=O)(O)OC[C@@H](COC(=O)CCCCCCCCCCCCCCC)OC(=O)CCCCCCCCCCCCCCCCC(C)C)OC(=O)CCCCCCCCCCCCCCCCCCCCCCC. The summed E-state index contributed by atoms with van der Waals surface area (Å²) in [6.45, 7) is 7.43. The fourth-order valence-corrected chi connectivity index (χ4v) is 16.3. The second-order valence-corrected chi connectivity index (χ2v) is 36.8. The molecule has 0 aromatic heterocycles. The highest BCUT2D eigenvalue weighted by Crippen LogP contribution is 2.45. The van der Waals surface area contributed by atoms with E-state index in [1.165, 1.54) is 334 Å². The van der Waals surface area contributed by atoms with Crippen molar-refractivity contribution in [3.05, 3.63) is 0 Å². The first-order valence-electron chi connectivity index (χ1n) is 48.1. The van der Waals surface area contributed by atoms with Gasteiger partial charge in [0.05, 0.1) is 26.4 Å². The van der Waals surface area contributed by atoms with Gasteiger partial charge in [0.1, 0.15) is 19.3 Å². The zero-order chi connectivity index (χ0) is 81.8. The van der Waals surface area contributed by atoms with Gasteiger partial charge in [-0.05, 0) is 31.6 Å². The number of aliphatic hydroxyl groups excluding tert-OH is 1.